The van der Waals surface area contributed by atoms with E-state index in [9.17, 15) is 9.90 Å². The largest absolute Gasteiger partial charge is 0.545 e. The van der Waals surface area contributed by atoms with Crippen molar-refractivity contribution >= 4 is 23.9 Å². The number of aliphatic carboxylic acids is 1. The lowest BCUT2D eigenvalue weighted by molar-refractivity contribution is -0.295. The van der Waals surface area contributed by atoms with E-state index in [2.05, 4.69) is 18.3 Å². The van der Waals surface area contributed by atoms with Gasteiger partial charge in [-0.05, 0) is 44.0 Å². The Hall–Kier alpha value is -2.04. The van der Waals surface area contributed by atoms with Gasteiger partial charge in [-0.3, -0.25) is 0 Å². The average Bonchev–Trinajstić information content (AvgIpc) is 3.19. The van der Waals surface area contributed by atoms with E-state index >= 15 is 0 Å². The Morgan fingerprint density at radius 1 is 1.37 bits per heavy atom. The molecule has 1 aromatic carbocycles. The normalized spacial score (nSPS) is 25.8. The number of hydrogen-bond acceptors (Lipinski definition) is 4. The van der Waals surface area contributed by atoms with Crippen molar-refractivity contribution in [2.45, 2.75) is 32.6 Å². The van der Waals surface area contributed by atoms with Crippen molar-refractivity contribution in [3.05, 3.63) is 59.4 Å². The molecule has 0 spiro atoms. The van der Waals surface area contributed by atoms with Gasteiger partial charge in [-0.2, -0.15) is 0 Å². The van der Waals surface area contributed by atoms with Crippen LogP contribution in [0.15, 0.2) is 53.8 Å². The predicted molar refractivity (Wildman–Crippen MR) is 106 cm³/mol. The molecule has 1 N–H and O–H groups in total. The smallest absolute Gasteiger partial charge is 0.135 e. The summed E-state index contributed by atoms with van der Waals surface area (Å²) >= 11 is 0. The lowest BCUT2D eigenvalue weighted by Gasteiger charge is -2.44. The molecule has 2 unspecified atom stereocenters. The van der Waals surface area contributed by atoms with Gasteiger partial charge in [0.25, 0.3) is 0 Å². The molecule has 2 heterocycles. The van der Waals surface area contributed by atoms with Crippen LogP contribution in [0, 0.1) is 11.3 Å². The summed E-state index contributed by atoms with van der Waals surface area (Å²) in [5.74, 6) is 0.482. The summed E-state index contributed by atoms with van der Waals surface area (Å²) in [6.07, 6.45) is 10.2. The molecule has 1 saturated heterocycles. The van der Waals surface area contributed by atoms with Crippen LogP contribution in [0.1, 0.15) is 38.2 Å². The fraction of sp³-hybridized carbons (Fsp3) is 0.409. The van der Waals surface area contributed by atoms with Crippen LogP contribution in [0.4, 0.5) is 0 Å². The van der Waals surface area contributed by atoms with Gasteiger partial charge in [0.1, 0.15) is 11.5 Å². The molecular formula is C22H25ClNO3-. The van der Waals surface area contributed by atoms with Crippen LogP contribution in [0.2, 0.25) is 0 Å². The Bertz CT molecular complexity index is 821. The van der Waals surface area contributed by atoms with Gasteiger partial charge in [-0.1, -0.05) is 50.1 Å². The van der Waals surface area contributed by atoms with Crippen molar-refractivity contribution in [1.29, 1.82) is 0 Å². The lowest BCUT2D eigenvalue weighted by Crippen LogP contribution is -2.39. The van der Waals surface area contributed by atoms with Crippen molar-refractivity contribution in [2.24, 2.45) is 11.3 Å². The fourth-order valence-electron chi connectivity index (χ4n) is 4.69. The zero-order chi connectivity index (χ0) is 18.1. The number of carbonyl (C=O) groups excluding carboxylic acids is 1. The molecule has 1 aromatic rings. The zero-order valence-electron chi connectivity index (χ0n) is 15.5. The minimum absolute atomic E-state index is 0. The standard InChI is InChI=1S/C22H25NO3.ClH/c1-2-3-11-22(15-10-13-23-14-15)12-6-9-18-20(22)19(21(24)25)16-7-4-5-8-17(16)26-18;/h4-9,12,15,23H,2-3,10-11,13-14H2,1H3,(H,24,25);1H/p-1. The number of rotatable bonds is 5. The van der Waals surface area contributed by atoms with Crippen molar-refractivity contribution in [2.75, 3.05) is 13.1 Å². The fourth-order valence-corrected chi connectivity index (χ4v) is 4.69. The second-order valence-electron chi connectivity index (χ2n) is 7.36. The molecule has 0 saturated carbocycles. The Morgan fingerprint density at radius 3 is 2.89 bits per heavy atom. The number of hydrogen-bond donors (Lipinski definition) is 1. The molecule has 0 bridgehead atoms. The first-order valence-electron chi connectivity index (χ1n) is 9.51. The van der Waals surface area contributed by atoms with Crippen LogP contribution in [-0.4, -0.2) is 19.1 Å². The summed E-state index contributed by atoms with van der Waals surface area (Å²) in [6.45, 7) is 4.04. The summed E-state index contributed by atoms with van der Waals surface area (Å²) in [6, 6.07) is 7.35. The first kappa shape index (κ1) is 19.7. The van der Waals surface area contributed by atoms with E-state index < -0.39 is 5.97 Å². The van der Waals surface area contributed by atoms with Gasteiger partial charge in [-0.25, -0.2) is 0 Å². The third-order valence-corrected chi connectivity index (χ3v) is 5.92. The molecule has 144 valence electrons. The van der Waals surface area contributed by atoms with E-state index in [4.69, 9.17) is 4.74 Å². The molecule has 0 amide bonds. The van der Waals surface area contributed by atoms with E-state index in [1.54, 1.807) is 0 Å². The third kappa shape index (κ3) is 3.21. The summed E-state index contributed by atoms with van der Waals surface area (Å²) in [7, 11) is 0. The molecule has 3 aliphatic rings. The molecular weight excluding hydrogens is 362 g/mol. The molecule has 1 aliphatic carbocycles. The van der Waals surface area contributed by atoms with Crippen LogP contribution < -0.4 is 15.2 Å². The quantitative estimate of drug-likeness (QED) is 0.843. The first-order valence-corrected chi connectivity index (χ1v) is 9.51. The predicted octanol–water partition coefficient (Wildman–Crippen LogP) is 3.24. The van der Waals surface area contributed by atoms with Gasteiger partial charge in [0.05, 0.1) is 5.97 Å². The molecule has 2 atom stereocenters. The minimum atomic E-state index is -1.12. The van der Waals surface area contributed by atoms with Crippen molar-refractivity contribution < 1.29 is 14.6 Å². The number of fused-ring (bicyclic) bond motifs is 2. The SMILES string of the molecule is CCCCC1(C2CCNC2)C=CC=C2Oc3ccccc3C(C(=O)[O-])=C21.Cl. The number of para-hydroxylation sites is 1. The molecule has 4 nitrogen and oxygen atoms in total. The van der Waals surface area contributed by atoms with Crippen LogP contribution in [0.25, 0.3) is 5.57 Å². The van der Waals surface area contributed by atoms with E-state index in [0.29, 0.717) is 28.6 Å². The Balaban J connectivity index is 0.00000210. The van der Waals surface area contributed by atoms with Gasteiger partial charge >= 0.3 is 0 Å². The minimum Gasteiger partial charge on any atom is -0.545 e. The molecule has 27 heavy (non-hydrogen) atoms. The van der Waals surface area contributed by atoms with E-state index in [1.807, 2.05) is 36.4 Å². The van der Waals surface area contributed by atoms with Crippen LogP contribution in [-0.2, 0) is 4.79 Å². The number of carboxylic acid groups (broad SMARTS) is 1. The van der Waals surface area contributed by atoms with Crippen LogP contribution in [0.3, 0.4) is 0 Å². The number of carbonyl (C=O) groups is 1. The number of ether oxygens (including phenoxy) is 1. The van der Waals surface area contributed by atoms with Gasteiger partial charge < -0.3 is 20.0 Å². The molecule has 5 heteroatoms. The lowest BCUT2D eigenvalue weighted by atomic mass is 9.62. The van der Waals surface area contributed by atoms with Crippen molar-refractivity contribution in [1.82, 2.24) is 5.32 Å². The van der Waals surface area contributed by atoms with Gasteiger partial charge in [0.15, 0.2) is 0 Å². The second-order valence-corrected chi connectivity index (χ2v) is 7.36. The number of carboxylic acids is 1. The summed E-state index contributed by atoms with van der Waals surface area (Å²) in [5, 5.41) is 15.7. The van der Waals surface area contributed by atoms with Crippen molar-refractivity contribution in [3.8, 4) is 5.75 Å². The second kappa shape index (κ2) is 7.91. The number of unbranched alkanes of at least 4 members (excludes halogenated alkanes) is 1. The van der Waals surface area contributed by atoms with Crippen LogP contribution >= 0.6 is 12.4 Å². The average molecular weight is 387 g/mol. The molecule has 2 aliphatic heterocycles. The summed E-state index contributed by atoms with van der Waals surface area (Å²) in [4.78, 5) is 12.3. The maximum absolute atomic E-state index is 12.3. The molecule has 0 radical (unpaired) electrons. The Labute approximate surface area is 166 Å². The summed E-state index contributed by atoms with van der Waals surface area (Å²) in [5.41, 5.74) is 1.40. The van der Waals surface area contributed by atoms with Gasteiger partial charge in [0, 0.05) is 22.1 Å². The first-order chi connectivity index (χ1) is 12.7. The Morgan fingerprint density at radius 2 is 2.19 bits per heavy atom. The highest BCUT2D eigenvalue weighted by molar-refractivity contribution is 6.18. The van der Waals surface area contributed by atoms with E-state index in [0.717, 1.165) is 44.3 Å². The highest BCUT2D eigenvalue weighted by Crippen LogP contribution is 2.54. The number of allylic oxidation sites excluding steroid dienone is 4. The van der Waals surface area contributed by atoms with Crippen LogP contribution in [0.5, 0.6) is 5.75 Å². The monoisotopic (exact) mass is 386 g/mol. The highest BCUT2D eigenvalue weighted by atomic mass is 35.5. The Kier molecular flexibility index (Phi) is 5.78. The van der Waals surface area contributed by atoms with E-state index in [-0.39, 0.29) is 17.8 Å². The molecule has 1 fully saturated rings. The number of halogens is 1. The maximum Gasteiger partial charge on any atom is 0.135 e. The number of nitrogens with one attached hydrogen (secondary N) is 1. The third-order valence-electron chi connectivity index (χ3n) is 5.92. The number of benzene rings is 1. The van der Waals surface area contributed by atoms with E-state index in [1.165, 1.54) is 0 Å². The van der Waals surface area contributed by atoms with Crippen molar-refractivity contribution in [3.63, 3.8) is 0 Å². The van der Waals surface area contributed by atoms with Gasteiger partial charge in [0.2, 0.25) is 0 Å². The van der Waals surface area contributed by atoms with Gasteiger partial charge in [-0.15, -0.1) is 12.4 Å². The summed E-state index contributed by atoms with van der Waals surface area (Å²) < 4.78 is 6.15. The zero-order valence-corrected chi connectivity index (χ0v) is 16.3. The maximum atomic E-state index is 12.3. The molecule has 4 rings (SSSR count). The molecule has 0 aromatic heterocycles. The highest BCUT2D eigenvalue weighted by Gasteiger charge is 2.46. The topological polar surface area (TPSA) is 61.4 Å².